The van der Waals surface area contributed by atoms with Gasteiger partial charge in [-0.15, -0.1) is 0 Å². The number of hydrogen-bond donors (Lipinski definition) is 0. The summed E-state index contributed by atoms with van der Waals surface area (Å²) >= 11 is 0. The fourth-order valence-corrected chi connectivity index (χ4v) is 2.36. The number of benzene rings is 1. The third kappa shape index (κ3) is 3.78. The van der Waals surface area contributed by atoms with Gasteiger partial charge in [-0.2, -0.15) is 5.26 Å². The van der Waals surface area contributed by atoms with E-state index >= 15 is 0 Å². The second-order valence-electron chi connectivity index (χ2n) is 4.79. The van der Waals surface area contributed by atoms with Crippen LogP contribution in [0.2, 0.25) is 0 Å². The van der Waals surface area contributed by atoms with Crippen molar-refractivity contribution < 1.29 is 4.74 Å². The van der Waals surface area contributed by atoms with Crippen molar-refractivity contribution in [1.29, 1.82) is 5.26 Å². The average Bonchev–Trinajstić information content (AvgIpc) is 2.40. The number of nitriles is 1. The van der Waals surface area contributed by atoms with E-state index in [0.717, 1.165) is 23.8 Å². The Balaban J connectivity index is 1.80. The predicted octanol–water partition coefficient (Wildman–Crippen LogP) is 3.71. The zero-order chi connectivity index (χ0) is 11.9. The Morgan fingerprint density at radius 2 is 1.82 bits per heavy atom. The maximum absolute atomic E-state index is 8.58. The lowest BCUT2D eigenvalue weighted by Crippen LogP contribution is -2.15. The molecule has 0 aliphatic heterocycles. The first-order chi connectivity index (χ1) is 8.38. The third-order valence-electron chi connectivity index (χ3n) is 3.42. The van der Waals surface area contributed by atoms with Gasteiger partial charge >= 0.3 is 0 Å². The first-order valence-corrected chi connectivity index (χ1v) is 6.47. The standard InChI is InChI=1S/C15H19NO/c16-11-10-13-6-8-15(9-7-13)17-12-14-4-2-1-3-5-14/h6-9,14H,1-5,10,12H2. The van der Waals surface area contributed by atoms with E-state index in [9.17, 15) is 0 Å². The van der Waals surface area contributed by atoms with E-state index in [4.69, 9.17) is 10.00 Å². The molecule has 1 aromatic rings. The first-order valence-electron chi connectivity index (χ1n) is 6.47. The Labute approximate surface area is 103 Å². The minimum atomic E-state index is 0.475. The van der Waals surface area contributed by atoms with Crippen molar-refractivity contribution in [3.63, 3.8) is 0 Å². The molecular formula is C15H19NO. The van der Waals surface area contributed by atoms with Gasteiger partial charge in [0.25, 0.3) is 0 Å². The summed E-state index contributed by atoms with van der Waals surface area (Å²) in [7, 11) is 0. The van der Waals surface area contributed by atoms with E-state index in [-0.39, 0.29) is 0 Å². The van der Waals surface area contributed by atoms with Crippen LogP contribution < -0.4 is 4.74 Å². The van der Waals surface area contributed by atoms with E-state index in [1.165, 1.54) is 32.1 Å². The van der Waals surface area contributed by atoms with Crippen molar-refractivity contribution >= 4 is 0 Å². The number of hydrogen-bond acceptors (Lipinski definition) is 2. The summed E-state index contributed by atoms with van der Waals surface area (Å²) < 4.78 is 5.80. The molecule has 1 saturated carbocycles. The summed E-state index contributed by atoms with van der Waals surface area (Å²) in [4.78, 5) is 0. The smallest absolute Gasteiger partial charge is 0.119 e. The maximum Gasteiger partial charge on any atom is 0.119 e. The second kappa shape index (κ2) is 6.30. The minimum absolute atomic E-state index is 0.475. The molecule has 0 unspecified atom stereocenters. The number of rotatable bonds is 4. The summed E-state index contributed by atoms with van der Waals surface area (Å²) in [5, 5.41) is 8.58. The molecule has 1 aliphatic rings. The normalized spacial score (nSPS) is 16.4. The van der Waals surface area contributed by atoms with Crippen LogP contribution in [0.25, 0.3) is 0 Å². The van der Waals surface area contributed by atoms with Crippen LogP contribution in [-0.4, -0.2) is 6.61 Å². The van der Waals surface area contributed by atoms with Crippen LogP contribution in [0.5, 0.6) is 5.75 Å². The van der Waals surface area contributed by atoms with Crippen LogP contribution >= 0.6 is 0 Å². The van der Waals surface area contributed by atoms with Gasteiger partial charge in [-0.25, -0.2) is 0 Å². The van der Waals surface area contributed by atoms with E-state index < -0.39 is 0 Å². The van der Waals surface area contributed by atoms with Crippen LogP contribution in [0.15, 0.2) is 24.3 Å². The first kappa shape index (κ1) is 12.0. The van der Waals surface area contributed by atoms with Crippen LogP contribution in [0, 0.1) is 17.2 Å². The molecule has 1 aliphatic carbocycles. The molecule has 2 rings (SSSR count). The Hall–Kier alpha value is -1.49. The molecule has 0 radical (unpaired) electrons. The molecular weight excluding hydrogens is 210 g/mol. The summed E-state index contributed by atoms with van der Waals surface area (Å²) in [6.07, 6.45) is 7.20. The molecule has 0 atom stereocenters. The fraction of sp³-hybridized carbons (Fsp3) is 0.533. The molecule has 0 saturated heterocycles. The predicted molar refractivity (Wildman–Crippen MR) is 67.8 cm³/mol. The Morgan fingerprint density at radius 3 is 2.47 bits per heavy atom. The molecule has 2 heteroatoms. The summed E-state index contributed by atoms with van der Waals surface area (Å²) in [5.74, 6) is 1.67. The molecule has 90 valence electrons. The molecule has 0 amide bonds. The highest BCUT2D eigenvalue weighted by Gasteiger charge is 2.13. The molecule has 1 aromatic carbocycles. The molecule has 0 heterocycles. The molecule has 0 spiro atoms. The largest absolute Gasteiger partial charge is 0.493 e. The van der Waals surface area contributed by atoms with E-state index in [0.29, 0.717) is 6.42 Å². The Bertz CT molecular complexity index is 371. The van der Waals surface area contributed by atoms with Crippen molar-refractivity contribution in [2.45, 2.75) is 38.5 Å². The molecule has 2 nitrogen and oxygen atoms in total. The molecule has 0 aromatic heterocycles. The highest BCUT2D eigenvalue weighted by molar-refractivity contribution is 5.28. The van der Waals surface area contributed by atoms with Crippen LogP contribution in [0.1, 0.15) is 37.7 Å². The van der Waals surface area contributed by atoms with Crippen LogP contribution in [0.4, 0.5) is 0 Å². The molecule has 0 N–H and O–H groups in total. The topological polar surface area (TPSA) is 33.0 Å². The summed E-state index contributed by atoms with van der Waals surface area (Å²) in [6.45, 7) is 0.845. The number of ether oxygens (including phenoxy) is 1. The zero-order valence-corrected chi connectivity index (χ0v) is 10.2. The fourth-order valence-electron chi connectivity index (χ4n) is 2.36. The van der Waals surface area contributed by atoms with Gasteiger partial charge in [0, 0.05) is 0 Å². The summed E-state index contributed by atoms with van der Waals surface area (Å²) in [5.41, 5.74) is 1.05. The van der Waals surface area contributed by atoms with Gasteiger partial charge in [0.15, 0.2) is 0 Å². The van der Waals surface area contributed by atoms with Crippen molar-refractivity contribution in [3.05, 3.63) is 29.8 Å². The van der Waals surface area contributed by atoms with Gasteiger partial charge < -0.3 is 4.74 Å². The van der Waals surface area contributed by atoms with Gasteiger partial charge in [0.2, 0.25) is 0 Å². The zero-order valence-electron chi connectivity index (χ0n) is 10.2. The lowest BCUT2D eigenvalue weighted by atomic mass is 9.90. The quantitative estimate of drug-likeness (QED) is 0.788. The van der Waals surface area contributed by atoms with Gasteiger partial charge in [-0.1, -0.05) is 31.4 Å². The van der Waals surface area contributed by atoms with Gasteiger partial charge in [-0.05, 0) is 36.5 Å². The van der Waals surface area contributed by atoms with Crippen molar-refractivity contribution in [2.24, 2.45) is 5.92 Å². The lowest BCUT2D eigenvalue weighted by molar-refractivity contribution is 0.209. The van der Waals surface area contributed by atoms with Gasteiger partial charge in [-0.3, -0.25) is 0 Å². The minimum Gasteiger partial charge on any atom is -0.493 e. The molecule has 17 heavy (non-hydrogen) atoms. The highest BCUT2D eigenvalue weighted by Crippen LogP contribution is 2.24. The SMILES string of the molecule is N#CCc1ccc(OCC2CCCCC2)cc1. The Kier molecular flexibility index (Phi) is 4.44. The van der Waals surface area contributed by atoms with Gasteiger partial charge in [0.1, 0.15) is 5.75 Å². The Morgan fingerprint density at radius 1 is 1.12 bits per heavy atom. The maximum atomic E-state index is 8.58. The van der Waals surface area contributed by atoms with Crippen molar-refractivity contribution in [2.75, 3.05) is 6.61 Å². The average molecular weight is 229 g/mol. The van der Waals surface area contributed by atoms with Gasteiger partial charge in [0.05, 0.1) is 19.1 Å². The summed E-state index contributed by atoms with van der Waals surface area (Å²) in [6, 6.07) is 10.0. The van der Waals surface area contributed by atoms with Crippen LogP contribution in [-0.2, 0) is 6.42 Å². The van der Waals surface area contributed by atoms with Crippen LogP contribution in [0.3, 0.4) is 0 Å². The lowest BCUT2D eigenvalue weighted by Gasteiger charge is -2.21. The van der Waals surface area contributed by atoms with E-state index in [1.807, 2.05) is 24.3 Å². The van der Waals surface area contributed by atoms with Crippen molar-refractivity contribution in [3.8, 4) is 11.8 Å². The molecule has 1 fully saturated rings. The third-order valence-corrected chi connectivity index (χ3v) is 3.42. The second-order valence-corrected chi connectivity index (χ2v) is 4.79. The monoisotopic (exact) mass is 229 g/mol. The van der Waals surface area contributed by atoms with Crippen molar-refractivity contribution in [1.82, 2.24) is 0 Å². The highest BCUT2D eigenvalue weighted by atomic mass is 16.5. The van der Waals surface area contributed by atoms with E-state index in [2.05, 4.69) is 6.07 Å². The van der Waals surface area contributed by atoms with E-state index in [1.54, 1.807) is 0 Å². The molecule has 0 bridgehead atoms. The number of nitrogens with zero attached hydrogens (tertiary/aromatic N) is 1.